The van der Waals surface area contributed by atoms with E-state index in [9.17, 15) is 0 Å². The summed E-state index contributed by atoms with van der Waals surface area (Å²) in [6, 6.07) is 0. The third-order valence-corrected chi connectivity index (χ3v) is 0. The Kier molecular flexibility index (Phi) is 113. The first kappa shape index (κ1) is 24.4. The monoisotopic (exact) mass is 220 g/mol. The molecule has 5 heteroatoms. The molecule has 6 heavy (non-hydrogen) atoms. The van der Waals surface area contributed by atoms with Gasteiger partial charge >= 0.3 is 55.8 Å². The van der Waals surface area contributed by atoms with Gasteiger partial charge in [-0.15, -0.1) is 0 Å². The number of nitrogens with zero attached hydrogens (tertiary/aromatic N) is 1. The molecule has 0 aliphatic carbocycles. The van der Waals surface area contributed by atoms with Crippen molar-refractivity contribution in [3.63, 3.8) is 0 Å². The van der Waals surface area contributed by atoms with E-state index in [0.717, 1.165) is 0 Å². The molecular formula is CHCoFeMnNNa. The Bertz CT molecular complexity index is 37.0. The zero-order valence-electron chi connectivity index (χ0n) is 2.01. The first-order valence-electron chi connectivity index (χ1n) is 0.400. The van der Waals surface area contributed by atoms with Gasteiger partial charge in [0.2, 0.25) is 0 Å². The van der Waals surface area contributed by atoms with Crippen molar-refractivity contribution in [2.45, 2.75) is 0 Å². The normalized spacial score (nSPS) is 1.33. The van der Waals surface area contributed by atoms with Gasteiger partial charge in [0.25, 0.3) is 0 Å². The average molecular weight is 220 g/mol. The fourth-order valence-corrected chi connectivity index (χ4v) is 0. The summed E-state index contributed by atoms with van der Waals surface area (Å²) in [5, 5.41) is 7.21. The van der Waals surface area contributed by atoms with Crippen molar-refractivity contribution >= 4 is 29.6 Å². The summed E-state index contributed by atoms with van der Waals surface area (Å²) in [5.41, 5.74) is 0. The van der Waals surface area contributed by atoms with Crippen LogP contribution >= 0.6 is 0 Å². The van der Waals surface area contributed by atoms with E-state index >= 15 is 0 Å². The summed E-state index contributed by atoms with van der Waals surface area (Å²) < 4.78 is 0. The van der Waals surface area contributed by atoms with E-state index in [-0.39, 0.29) is 63.4 Å². The molecule has 0 saturated heterocycles. The molecule has 0 unspecified atom stereocenters. The molecule has 0 atom stereocenters. The molecule has 0 aromatic rings. The number of rotatable bonds is 0. The first-order chi connectivity index (χ1) is 1.41. The van der Waals surface area contributed by atoms with Crippen molar-refractivity contribution in [2.24, 2.45) is 0 Å². The quantitative estimate of drug-likeness (QED) is 0.498. The third-order valence-electron chi connectivity index (χ3n) is 0. The predicted molar refractivity (Wildman–Crippen MR) is 12.8 cm³/mol. The second kappa shape index (κ2) is 27.8. The Labute approximate surface area is 88.4 Å². The summed E-state index contributed by atoms with van der Waals surface area (Å²) in [4.78, 5) is 1.50. The molecule has 0 N–H and O–H groups in total. The average Bonchev–Trinajstić information content (AvgIpc) is 0.918. The molecule has 0 heterocycles. The molecule has 35 valence electrons. The Balaban J connectivity index is -0.00000000667. The third kappa shape index (κ3) is 36.9. The molecule has 2 radical (unpaired) electrons. The van der Waals surface area contributed by atoms with E-state index in [2.05, 4.69) is 16.0 Å². The second-order valence-electron chi connectivity index (χ2n) is 0.0791. The van der Waals surface area contributed by atoms with Gasteiger partial charge in [-0.1, -0.05) is 0 Å². The Morgan fingerprint density at radius 3 is 1.50 bits per heavy atom. The first-order valence-corrected chi connectivity index (χ1v) is 0.952. The van der Waals surface area contributed by atoms with E-state index < -0.39 is 0 Å². The molecule has 0 aromatic carbocycles. The molecule has 1 nitrogen and oxygen atoms in total. The van der Waals surface area contributed by atoms with Gasteiger partial charge in [-0.05, 0) is 0 Å². The van der Waals surface area contributed by atoms with Gasteiger partial charge in [0.1, 0.15) is 0 Å². The standard InChI is InChI=1S/CN.Co.Fe.Mn.Na.H/c1-2;;;;;. The molecule has 0 saturated carbocycles. The zero-order chi connectivity index (χ0) is 2.71. The zero-order valence-corrected chi connectivity index (χ0v) is 5.34. The van der Waals surface area contributed by atoms with Gasteiger partial charge < -0.3 is 0 Å². The molecule has 0 spiro atoms. The van der Waals surface area contributed by atoms with Crippen LogP contribution in [0.4, 0.5) is 0 Å². The van der Waals surface area contributed by atoms with Crippen molar-refractivity contribution < 1.29 is 49.9 Å². The summed E-state index contributed by atoms with van der Waals surface area (Å²) in [7, 11) is 0. The van der Waals surface area contributed by atoms with Crippen LogP contribution in [-0.2, 0) is 49.9 Å². The summed E-state index contributed by atoms with van der Waals surface area (Å²) in [6.07, 6.45) is 0. The van der Waals surface area contributed by atoms with Crippen LogP contribution < -0.4 is 0 Å². The predicted octanol–water partition coefficient (Wildman–Crippen LogP) is -0.639. The van der Waals surface area contributed by atoms with E-state index in [1.54, 1.807) is 0 Å². The van der Waals surface area contributed by atoms with Crippen LogP contribution in [0.3, 0.4) is 0 Å². The Morgan fingerprint density at radius 1 is 1.50 bits per heavy atom. The maximum atomic E-state index is 7.21. The van der Waals surface area contributed by atoms with Crippen LogP contribution in [0.1, 0.15) is 0 Å². The summed E-state index contributed by atoms with van der Waals surface area (Å²) in [6.45, 7) is 0. The molecule has 0 bridgehead atoms. The fraction of sp³-hybridized carbons (Fsp3) is 0. The van der Waals surface area contributed by atoms with Gasteiger partial charge in [0.15, 0.2) is 0 Å². The van der Waals surface area contributed by atoms with Crippen molar-refractivity contribution in [3.8, 4) is 4.97 Å². The fourth-order valence-electron chi connectivity index (χ4n) is 0. The van der Waals surface area contributed by atoms with Gasteiger partial charge in [-0.3, -0.25) is 0 Å². The van der Waals surface area contributed by atoms with Crippen LogP contribution in [0.2, 0.25) is 0 Å². The Morgan fingerprint density at radius 2 is 1.50 bits per heavy atom. The molecule has 0 rings (SSSR count). The van der Waals surface area contributed by atoms with Crippen LogP contribution in [-0.4, -0.2) is 29.6 Å². The Hall–Kier alpha value is 2.04. The van der Waals surface area contributed by atoms with Gasteiger partial charge in [0.05, 0.1) is 0 Å². The molecule has 0 aliphatic heterocycles. The molecule has 0 aromatic heterocycles. The van der Waals surface area contributed by atoms with Crippen molar-refractivity contribution in [1.29, 1.82) is 5.26 Å². The van der Waals surface area contributed by atoms with Crippen molar-refractivity contribution in [2.75, 3.05) is 0 Å². The second-order valence-corrected chi connectivity index (χ2v) is 0.326. The van der Waals surface area contributed by atoms with E-state index in [0.29, 0.717) is 0 Å². The molecule has 0 fully saturated rings. The molecule has 0 aliphatic rings. The SMILES string of the molecule is N#[C][Fe].[Co].[Mn].[NaH]. The summed E-state index contributed by atoms with van der Waals surface area (Å²) >= 11 is 2.79. The van der Waals surface area contributed by atoms with Crippen LogP contribution in [0, 0.1) is 10.2 Å². The molecule has 0 amide bonds. The minimum atomic E-state index is 0. The number of hydrogen-bond acceptors (Lipinski definition) is 1. The van der Waals surface area contributed by atoms with Crippen molar-refractivity contribution in [3.05, 3.63) is 0 Å². The summed E-state index contributed by atoms with van der Waals surface area (Å²) in [5.74, 6) is 0. The van der Waals surface area contributed by atoms with E-state index in [1.807, 2.05) is 0 Å². The topological polar surface area (TPSA) is 23.8 Å². The number of hydrogen-bond donors (Lipinski definition) is 0. The van der Waals surface area contributed by atoms with Gasteiger partial charge in [-0.25, -0.2) is 0 Å². The van der Waals surface area contributed by atoms with E-state index in [4.69, 9.17) is 5.26 Å². The molecular weight excluding hydrogens is 219 g/mol. The van der Waals surface area contributed by atoms with Crippen LogP contribution in [0.15, 0.2) is 0 Å². The van der Waals surface area contributed by atoms with E-state index in [1.165, 1.54) is 4.97 Å². The number of nitriles is 1. The van der Waals surface area contributed by atoms with Gasteiger partial charge in [0, 0.05) is 33.8 Å². The van der Waals surface area contributed by atoms with Crippen LogP contribution in [0.25, 0.3) is 0 Å². The maximum absolute atomic E-state index is 7.21. The minimum absolute atomic E-state index is 0. The van der Waals surface area contributed by atoms with Gasteiger partial charge in [-0.2, -0.15) is 0 Å². The van der Waals surface area contributed by atoms with Crippen LogP contribution in [0.5, 0.6) is 0 Å². The van der Waals surface area contributed by atoms with Crippen molar-refractivity contribution in [1.82, 2.24) is 0 Å².